The zero-order valence-electron chi connectivity index (χ0n) is 22.4. The van der Waals surface area contributed by atoms with E-state index in [1.54, 1.807) is 0 Å². The lowest BCUT2D eigenvalue weighted by atomic mass is 10.1. The molecule has 0 unspecified atom stereocenters. The molecule has 0 saturated carbocycles. The van der Waals surface area contributed by atoms with Gasteiger partial charge in [0.05, 0.1) is 27.5 Å². The molecule has 20 heavy (non-hydrogen) atoms. The van der Waals surface area contributed by atoms with Crippen LogP contribution in [-0.4, -0.2) is 4.57 Å². The van der Waals surface area contributed by atoms with Gasteiger partial charge in [-0.05, 0) is 37.1 Å². The predicted octanol–water partition coefficient (Wildman–Crippen LogP) is 5.09. The summed E-state index contributed by atoms with van der Waals surface area (Å²) in [6.07, 6.45) is 0. The highest BCUT2D eigenvalue weighted by atomic mass is 15.0. The molecule has 0 bridgehead atoms. The van der Waals surface area contributed by atoms with E-state index in [1.165, 1.54) is 6.92 Å². The van der Waals surface area contributed by atoms with Gasteiger partial charge in [-0.25, -0.2) is 0 Å². The first kappa shape index (κ1) is 4.49. The summed E-state index contributed by atoms with van der Waals surface area (Å²) >= 11 is 0. The van der Waals surface area contributed by atoms with Gasteiger partial charge >= 0.3 is 0 Å². The molecule has 0 atom stereocenters. The maximum absolute atomic E-state index is 8.53. The SMILES string of the molecule is [2H]c1c([2H])c([2H])c(-n2c3c([2H])c([2H])c([2H])c([2H])c3c3c([2H])c(C)c([2H])c([2H])c32)c([2H])c1[2H]. The van der Waals surface area contributed by atoms with E-state index in [0.717, 1.165) is 4.57 Å². The van der Waals surface area contributed by atoms with Crippen LogP contribution in [0.5, 0.6) is 0 Å². The average Bonchev–Trinajstić information content (AvgIpc) is 3.12. The molecule has 0 N–H and O–H groups in total. The monoisotopic (exact) mass is 269 g/mol. The van der Waals surface area contributed by atoms with E-state index in [-0.39, 0.29) is 39.5 Å². The molecule has 0 aliphatic heterocycles. The van der Waals surface area contributed by atoms with Crippen LogP contribution >= 0.6 is 0 Å². The van der Waals surface area contributed by atoms with Gasteiger partial charge in [-0.2, -0.15) is 0 Å². The number of rotatable bonds is 1. The molecule has 1 heteroatoms. The van der Waals surface area contributed by atoms with Gasteiger partial charge in [-0.3, -0.25) is 0 Å². The zero-order valence-corrected chi connectivity index (χ0v) is 10.4. The van der Waals surface area contributed by atoms with Crippen molar-refractivity contribution in [3.05, 3.63) is 78.1 Å². The Morgan fingerprint density at radius 1 is 0.750 bits per heavy atom. The Hall–Kier alpha value is -2.54. The number of aromatic nitrogens is 1. The summed E-state index contributed by atoms with van der Waals surface area (Å²) in [7, 11) is 0. The zero-order chi connectivity index (χ0) is 24.0. The topological polar surface area (TPSA) is 4.93 Å². The normalized spacial score (nSPS) is 19.6. The van der Waals surface area contributed by atoms with E-state index in [0.29, 0.717) is 0 Å². The lowest BCUT2D eigenvalue weighted by molar-refractivity contribution is 1.18. The Labute approximate surface area is 134 Å². The van der Waals surface area contributed by atoms with Gasteiger partial charge < -0.3 is 4.57 Å². The fraction of sp³-hybridized carbons (Fsp3) is 0.0526. The Bertz CT molecular complexity index is 1400. The van der Waals surface area contributed by atoms with Crippen LogP contribution in [-0.2, 0) is 0 Å². The first-order valence-electron chi connectivity index (χ1n) is 11.9. The van der Waals surface area contributed by atoms with Crippen LogP contribution in [0.25, 0.3) is 27.5 Å². The van der Waals surface area contributed by atoms with Crippen molar-refractivity contribution >= 4 is 21.8 Å². The van der Waals surface area contributed by atoms with Crippen LogP contribution in [0.3, 0.4) is 0 Å². The molecule has 0 radical (unpaired) electrons. The van der Waals surface area contributed by atoms with Gasteiger partial charge in [0.25, 0.3) is 0 Å². The Morgan fingerprint density at radius 2 is 1.45 bits per heavy atom. The quantitative estimate of drug-likeness (QED) is 0.453. The molecule has 4 rings (SSSR count). The molecule has 0 aliphatic rings. The number of nitrogens with zero attached hydrogens (tertiary/aromatic N) is 1. The molecule has 4 aromatic rings. The van der Waals surface area contributed by atoms with E-state index in [2.05, 4.69) is 0 Å². The first-order valence-corrected chi connectivity index (χ1v) is 5.92. The highest BCUT2D eigenvalue weighted by molar-refractivity contribution is 6.09. The van der Waals surface area contributed by atoms with Crippen molar-refractivity contribution in [3.63, 3.8) is 0 Å². The summed E-state index contributed by atoms with van der Waals surface area (Å²) in [5.74, 6) is 0. The van der Waals surface area contributed by atoms with Crippen LogP contribution in [0.4, 0.5) is 0 Å². The lowest BCUT2D eigenvalue weighted by Gasteiger charge is -2.07. The standard InChI is InChI=1S/C19H15N/c1-14-11-12-19-17(13-14)16-9-5-6-10-18(16)20(19)15-7-3-2-4-8-15/h2-13H,1H3/i2D,3D,4D,5D,6D,7D,8D,9D,10D,11D,12D,13D. The molecule has 0 amide bonds. The second-order valence-electron chi connectivity index (χ2n) is 4.26. The van der Waals surface area contributed by atoms with Crippen molar-refractivity contribution < 1.29 is 16.4 Å². The number of fused-ring (bicyclic) bond motifs is 3. The maximum atomic E-state index is 8.53. The van der Waals surface area contributed by atoms with Crippen LogP contribution < -0.4 is 0 Å². The third kappa shape index (κ3) is 1.56. The Kier molecular flexibility index (Phi) is 0.952. The third-order valence-corrected chi connectivity index (χ3v) is 2.99. The second kappa shape index (κ2) is 4.24. The molecule has 1 aromatic heterocycles. The Balaban J connectivity index is 2.50. The average molecular weight is 269 g/mol. The van der Waals surface area contributed by atoms with Gasteiger partial charge in [-0.1, -0.05) is 47.9 Å². The van der Waals surface area contributed by atoms with E-state index in [9.17, 15) is 0 Å². The number of benzene rings is 3. The van der Waals surface area contributed by atoms with E-state index in [4.69, 9.17) is 16.4 Å². The van der Waals surface area contributed by atoms with Gasteiger partial charge in [0.15, 0.2) is 0 Å². The highest BCUT2D eigenvalue weighted by Gasteiger charge is 2.11. The van der Waals surface area contributed by atoms with Crippen LogP contribution in [0.1, 0.15) is 22.0 Å². The van der Waals surface area contributed by atoms with Crippen LogP contribution in [0.15, 0.2) is 72.5 Å². The fourth-order valence-corrected chi connectivity index (χ4v) is 2.19. The molecule has 0 saturated heterocycles. The smallest absolute Gasteiger partial charge is 0.0645 e. The first-order chi connectivity index (χ1) is 14.8. The molecule has 0 fully saturated rings. The molecule has 0 spiro atoms. The van der Waals surface area contributed by atoms with Crippen molar-refractivity contribution in [2.24, 2.45) is 0 Å². The molecular weight excluding hydrogens is 242 g/mol. The summed E-state index contributed by atoms with van der Waals surface area (Å²) in [6, 6.07) is -6.43. The maximum Gasteiger partial charge on any atom is 0.0645 e. The fourth-order valence-electron chi connectivity index (χ4n) is 2.19. The third-order valence-electron chi connectivity index (χ3n) is 2.99. The number of para-hydroxylation sites is 2. The predicted molar refractivity (Wildman–Crippen MR) is 85.5 cm³/mol. The van der Waals surface area contributed by atoms with Crippen molar-refractivity contribution in [2.45, 2.75) is 6.92 Å². The second-order valence-corrected chi connectivity index (χ2v) is 4.26. The molecule has 96 valence electrons. The molecule has 1 heterocycles. The molecule has 1 nitrogen and oxygen atoms in total. The van der Waals surface area contributed by atoms with Crippen LogP contribution in [0.2, 0.25) is 0 Å². The van der Waals surface area contributed by atoms with Crippen molar-refractivity contribution in [1.82, 2.24) is 4.57 Å². The van der Waals surface area contributed by atoms with Crippen molar-refractivity contribution in [1.29, 1.82) is 0 Å². The lowest BCUT2D eigenvalue weighted by Crippen LogP contribution is -1.92. The number of hydrogen-bond acceptors (Lipinski definition) is 0. The summed E-state index contributed by atoms with van der Waals surface area (Å²) in [6.45, 7) is 1.45. The van der Waals surface area contributed by atoms with E-state index < -0.39 is 66.1 Å². The van der Waals surface area contributed by atoms with Crippen LogP contribution in [0, 0.1) is 6.92 Å². The largest absolute Gasteiger partial charge is 0.309 e. The van der Waals surface area contributed by atoms with E-state index >= 15 is 0 Å². The molecule has 3 aromatic carbocycles. The minimum Gasteiger partial charge on any atom is -0.309 e. The van der Waals surface area contributed by atoms with Gasteiger partial charge in [0.2, 0.25) is 0 Å². The summed E-state index contributed by atoms with van der Waals surface area (Å²) in [5, 5.41) is -0.156. The highest BCUT2D eigenvalue weighted by Crippen LogP contribution is 2.32. The van der Waals surface area contributed by atoms with Gasteiger partial charge in [-0.15, -0.1) is 0 Å². The Morgan fingerprint density at radius 3 is 2.30 bits per heavy atom. The minimum atomic E-state index is -0.660. The summed E-state index contributed by atoms with van der Waals surface area (Å²) in [5.41, 5.74) is -0.713. The molecular formula is C19H15N. The summed E-state index contributed by atoms with van der Waals surface area (Å²) < 4.78 is 99.9. The van der Waals surface area contributed by atoms with Gasteiger partial charge in [0.1, 0.15) is 0 Å². The summed E-state index contributed by atoms with van der Waals surface area (Å²) in [4.78, 5) is 0. The van der Waals surface area contributed by atoms with E-state index in [1.807, 2.05) is 0 Å². The number of hydrogen-bond donors (Lipinski definition) is 0. The van der Waals surface area contributed by atoms with Crippen molar-refractivity contribution in [2.75, 3.05) is 0 Å². The van der Waals surface area contributed by atoms with Gasteiger partial charge in [0, 0.05) is 16.5 Å². The van der Waals surface area contributed by atoms with Crippen molar-refractivity contribution in [3.8, 4) is 5.69 Å². The minimum absolute atomic E-state index is 0.0442. The molecule has 0 aliphatic carbocycles.